The number of hydrogen-bond acceptors (Lipinski definition) is 4. The van der Waals surface area contributed by atoms with Gasteiger partial charge < -0.3 is 4.90 Å². The predicted molar refractivity (Wildman–Crippen MR) is 91.5 cm³/mol. The van der Waals surface area contributed by atoms with Crippen LogP contribution in [0.15, 0.2) is 24.3 Å². The summed E-state index contributed by atoms with van der Waals surface area (Å²) in [5.41, 5.74) is 0.710. The standard InChI is InChI=1S/C16H21ClN2O3S/c1-3-10(2)15-16(20)19(12-6-4-11(17)5-7-12)14-9-23(21,22)8-13(14)18-15/h4-7,10,13-15,18H,3,8-9H2,1-2H3/t10?,13-,14+,15+/m1/s1. The Morgan fingerprint density at radius 1 is 1.30 bits per heavy atom. The zero-order valence-corrected chi connectivity index (χ0v) is 14.8. The molecule has 1 aromatic carbocycles. The maximum atomic E-state index is 13.0. The number of carbonyl (C=O) groups is 1. The van der Waals surface area contributed by atoms with E-state index in [1.165, 1.54) is 0 Å². The Hall–Kier alpha value is -1.11. The summed E-state index contributed by atoms with van der Waals surface area (Å²) in [5.74, 6) is 0.176. The molecular weight excluding hydrogens is 336 g/mol. The van der Waals surface area contributed by atoms with Crippen molar-refractivity contribution in [2.45, 2.75) is 38.4 Å². The Bertz CT molecular complexity index is 705. The van der Waals surface area contributed by atoms with Crippen LogP contribution in [0.2, 0.25) is 5.02 Å². The van der Waals surface area contributed by atoms with Gasteiger partial charge >= 0.3 is 0 Å². The second-order valence-electron chi connectivity index (χ2n) is 6.47. The maximum absolute atomic E-state index is 13.0. The number of amides is 1. The molecule has 0 radical (unpaired) electrons. The molecule has 0 spiro atoms. The fourth-order valence-electron chi connectivity index (χ4n) is 3.42. The number of nitrogens with one attached hydrogen (secondary N) is 1. The average Bonchev–Trinajstić information content (AvgIpc) is 2.81. The first-order chi connectivity index (χ1) is 10.8. The van der Waals surface area contributed by atoms with Crippen LogP contribution in [0.3, 0.4) is 0 Å². The number of rotatable bonds is 3. The minimum atomic E-state index is -3.14. The normalized spacial score (nSPS) is 31.0. The third-order valence-corrected chi connectivity index (χ3v) is 6.84. The van der Waals surface area contributed by atoms with Gasteiger partial charge in [0.25, 0.3) is 0 Å². The van der Waals surface area contributed by atoms with Crippen molar-refractivity contribution in [3.63, 3.8) is 0 Å². The highest BCUT2D eigenvalue weighted by Gasteiger charge is 2.50. The van der Waals surface area contributed by atoms with Crippen LogP contribution < -0.4 is 10.2 Å². The van der Waals surface area contributed by atoms with Gasteiger partial charge in [-0.25, -0.2) is 8.42 Å². The lowest BCUT2D eigenvalue weighted by molar-refractivity contribution is -0.124. The Labute approximate surface area is 141 Å². The molecule has 5 nitrogen and oxygen atoms in total. The number of benzene rings is 1. The number of piperazine rings is 1. The first-order valence-corrected chi connectivity index (χ1v) is 10.1. The average molecular weight is 357 g/mol. The van der Waals surface area contributed by atoms with Crippen LogP contribution in [0.1, 0.15) is 20.3 Å². The van der Waals surface area contributed by atoms with E-state index in [-0.39, 0.29) is 41.5 Å². The molecular formula is C16H21ClN2O3S. The molecule has 1 amide bonds. The lowest BCUT2D eigenvalue weighted by atomic mass is 9.91. The Kier molecular flexibility index (Phi) is 4.42. The van der Waals surface area contributed by atoms with E-state index in [4.69, 9.17) is 11.6 Å². The molecule has 7 heteroatoms. The first kappa shape index (κ1) is 16.7. The molecule has 1 aromatic rings. The van der Waals surface area contributed by atoms with Gasteiger partial charge in [0, 0.05) is 16.8 Å². The molecule has 2 aliphatic heterocycles. The molecule has 1 N–H and O–H groups in total. The van der Waals surface area contributed by atoms with Crippen molar-refractivity contribution >= 4 is 33.0 Å². The minimum Gasteiger partial charge on any atom is -0.305 e. The van der Waals surface area contributed by atoms with Crippen LogP contribution in [-0.4, -0.2) is 44.0 Å². The van der Waals surface area contributed by atoms with Crippen LogP contribution in [0.4, 0.5) is 5.69 Å². The van der Waals surface area contributed by atoms with Gasteiger partial charge in [-0.3, -0.25) is 10.1 Å². The van der Waals surface area contributed by atoms with Gasteiger partial charge in [-0.1, -0.05) is 31.9 Å². The third-order valence-electron chi connectivity index (χ3n) is 4.87. The lowest BCUT2D eigenvalue weighted by Gasteiger charge is -2.43. The van der Waals surface area contributed by atoms with Crippen molar-refractivity contribution in [2.24, 2.45) is 5.92 Å². The number of halogens is 1. The minimum absolute atomic E-state index is 0.00621. The number of fused-ring (bicyclic) bond motifs is 1. The van der Waals surface area contributed by atoms with E-state index in [9.17, 15) is 13.2 Å². The Morgan fingerprint density at radius 2 is 1.96 bits per heavy atom. The summed E-state index contributed by atoms with van der Waals surface area (Å²) in [7, 11) is -3.14. The van der Waals surface area contributed by atoms with Gasteiger partial charge in [-0.2, -0.15) is 0 Å². The smallest absolute Gasteiger partial charge is 0.244 e. The number of sulfone groups is 1. The quantitative estimate of drug-likeness (QED) is 0.897. The highest BCUT2D eigenvalue weighted by Crippen LogP contribution is 2.31. The van der Waals surface area contributed by atoms with Crippen molar-refractivity contribution in [3.8, 4) is 0 Å². The van der Waals surface area contributed by atoms with Crippen molar-refractivity contribution in [1.82, 2.24) is 5.32 Å². The third kappa shape index (κ3) is 3.12. The van der Waals surface area contributed by atoms with Crippen LogP contribution in [0.5, 0.6) is 0 Å². The molecule has 126 valence electrons. The topological polar surface area (TPSA) is 66.5 Å². The van der Waals surface area contributed by atoms with Gasteiger partial charge in [-0.15, -0.1) is 0 Å². The molecule has 0 aliphatic carbocycles. The molecule has 2 heterocycles. The fraction of sp³-hybridized carbons (Fsp3) is 0.562. The fourth-order valence-corrected chi connectivity index (χ4v) is 5.45. The van der Waals surface area contributed by atoms with Gasteiger partial charge in [0.2, 0.25) is 5.91 Å². The molecule has 23 heavy (non-hydrogen) atoms. The molecule has 2 fully saturated rings. The van der Waals surface area contributed by atoms with Gasteiger partial charge in [-0.05, 0) is 30.2 Å². The summed E-state index contributed by atoms with van der Waals surface area (Å²) < 4.78 is 24.2. The van der Waals surface area contributed by atoms with E-state index in [0.29, 0.717) is 10.7 Å². The number of hydrogen-bond donors (Lipinski definition) is 1. The summed E-state index contributed by atoms with van der Waals surface area (Å²) in [6.07, 6.45) is 0.849. The highest BCUT2D eigenvalue weighted by molar-refractivity contribution is 7.91. The van der Waals surface area contributed by atoms with E-state index in [1.54, 1.807) is 29.2 Å². The van der Waals surface area contributed by atoms with E-state index >= 15 is 0 Å². The van der Waals surface area contributed by atoms with Crippen molar-refractivity contribution in [3.05, 3.63) is 29.3 Å². The second-order valence-corrected chi connectivity index (χ2v) is 9.06. The van der Waals surface area contributed by atoms with E-state index in [2.05, 4.69) is 5.32 Å². The van der Waals surface area contributed by atoms with Gasteiger partial charge in [0.1, 0.15) is 0 Å². The number of nitrogens with zero attached hydrogens (tertiary/aromatic N) is 1. The van der Waals surface area contributed by atoms with Crippen LogP contribution in [0, 0.1) is 5.92 Å². The van der Waals surface area contributed by atoms with Crippen molar-refractivity contribution < 1.29 is 13.2 Å². The largest absolute Gasteiger partial charge is 0.305 e. The molecule has 0 aromatic heterocycles. The second kappa shape index (κ2) is 6.07. The molecule has 4 atom stereocenters. The highest BCUT2D eigenvalue weighted by atomic mass is 35.5. The number of anilines is 1. The summed E-state index contributed by atoms with van der Waals surface area (Å²) in [6, 6.07) is 6.08. The van der Waals surface area contributed by atoms with Crippen molar-refractivity contribution in [2.75, 3.05) is 16.4 Å². The van der Waals surface area contributed by atoms with E-state index in [0.717, 1.165) is 6.42 Å². The van der Waals surface area contributed by atoms with Gasteiger partial charge in [0.05, 0.1) is 23.6 Å². The summed E-state index contributed by atoms with van der Waals surface area (Å²) in [4.78, 5) is 14.7. The van der Waals surface area contributed by atoms with Crippen LogP contribution in [0.25, 0.3) is 0 Å². The monoisotopic (exact) mass is 356 g/mol. The Balaban J connectivity index is 2.01. The van der Waals surface area contributed by atoms with Crippen molar-refractivity contribution in [1.29, 1.82) is 0 Å². The van der Waals surface area contributed by atoms with Crippen LogP contribution in [-0.2, 0) is 14.6 Å². The molecule has 0 bridgehead atoms. The molecule has 1 unspecified atom stereocenters. The SMILES string of the molecule is CCC(C)[C@@H]1N[C@@H]2CS(=O)(=O)C[C@@H]2N(c2ccc(Cl)cc2)C1=O. The lowest BCUT2D eigenvalue weighted by Crippen LogP contribution is -2.66. The predicted octanol–water partition coefficient (Wildman–Crippen LogP) is 1.86. The summed E-state index contributed by atoms with van der Waals surface area (Å²) in [5, 5.41) is 3.87. The molecule has 0 saturated carbocycles. The van der Waals surface area contributed by atoms with Gasteiger partial charge in [0.15, 0.2) is 9.84 Å². The number of carbonyl (C=O) groups excluding carboxylic acids is 1. The maximum Gasteiger partial charge on any atom is 0.244 e. The molecule has 2 saturated heterocycles. The Morgan fingerprint density at radius 3 is 2.57 bits per heavy atom. The first-order valence-electron chi connectivity index (χ1n) is 7.87. The van der Waals surface area contributed by atoms with E-state index < -0.39 is 9.84 Å². The summed E-state index contributed by atoms with van der Waals surface area (Å²) in [6.45, 7) is 4.04. The van der Waals surface area contributed by atoms with E-state index in [1.807, 2.05) is 13.8 Å². The summed E-state index contributed by atoms with van der Waals surface area (Å²) >= 11 is 5.93. The molecule has 2 aliphatic rings. The zero-order valence-electron chi connectivity index (χ0n) is 13.2. The zero-order chi connectivity index (χ0) is 16.8. The molecule has 3 rings (SSSR count). The van der Waals surface area contributed by atoms with Crippen LogP contribution >= 0.6 is 11.6 Å².